The second-order valence-corrected chi connectivity index (χ2v) is 3.48. The molecule has 11 heavy (non-hydrogen) atoms. The summed E-state index contributed by atoms with van der Waals surface area (Å²) in [4.78, 5) is 17.2. The molecule has 0 fully saturated rings. The van der Waals surface area contributed by atoms with Gasteiger partial charge in [0.05, 0.1) is 5.30 Å². The third-order valence-corrected chi connectivity index (χ3v) is 2.06. The molecule has 1 rings (SSSR count). The molecule has 0 amide bonds. The Bertz CT molecular complexity index is 256. The fourth-order valence-corrected chi connectivity index (χ4v) is 1.18. The molecular weight excluding hydrogens is 210 g/mol. The third-order valence-electron chi connectivity index (χ3n) is 1.09. The van der Waals surface area contributed by atoms with Gasteiger partial charge in [-0.05, 0) is 12.1 Å². The fraction of sp³-hybridized carbons (Fsp3) is 0. The van der Waals surface area contributed by atoms with E-state index in [1.165, 1.54) is 12.1 Å². The van der Waals surface area contributed by atoms with E-state index in [1.54, 1.807) is 18.2 Å². The number of rotatable bonds is 1. The molecular formula is C6H7CoO3P. The van der Waals surface area contributed by atoms with E-state index in [4.69, 9.17) is 9.79 Å². The summed E-state index contributed by atoms with van der Waals surface area (Å²) < 4.78 is 10.5. The molecule has 0 unspecified atom stereocenters. The SMILES string of the molecule is O=P(O)(O)c1ccccc1.[Co]. The van der Waals surface area contributed by atoms with Gasteiger partial charge in [0.15, 0.2) is 0 Å². The van der Waals surface area contributed by atoms with Crippen LogP contribution in [0.4, 0.5) is 0 Å². The molecule has 0 aliphatic rings. The summed E-state index contributed by atoms with van der Waals surface area (Å²) in [6.07, 6.45) is 0. The first kappa shape index (κ1) is 10.9. The zero-order valence-electron chi connectivity index (χ0n) is 5.47. The summed E-state index contributed by atoms with van der Waals surface area (Å²) in [5, 5.41) is 0.0648. The molecule has 0 aliphatic carbocycles. The predicted octanol–water partition coefficient (Wildman–Crippen LogP) is 0.487. The second kappa shape index (κ2) is 4.04. The summed E-state index contributed by atoms with van der Waals surface area (Å²) in [5.74, 6) is 0. The van der Waals surface area contributed by atoms with E-state index in [0.29, 0.717) is 0 Å². The van der Waals surface area contributed by atoms with Crippen LogP contribution in [0.1, 0.15) is 0 Å². The average Bonchev–Trinajstić information content (AvgIpc) is 1.88. The van der Waals surface area contributed by atoms with Crippen molar-refractivity contribution in [1.29, 1.82) is 0 Å². The van der Waals surface area contributed by atoms with Crippen molar-refractivity contribution >= 4 is 12.9 Å². The molecule has 3 nitrogen and oxygen atoms in total. The standard InChI is InChI=1S/C6H7O3P.Co/c7-10(8,9)6-4-2-1-3-5-6;/h1-5H,(H2,7,8,9);. The van der Waals surface area contributed by atoms with Crippen molar-refractivity contribution in [3.05, 3.63) is 30.3 Å². The van der Waals surface area contributed by atoms with Gasteiger partial charge in [0.1, 0.15) is 0 Å². The smallest absolute Gasteiger partial charge is 0.321 e. The summed E-state index contributed by atoms with van der Waals surface area (Å²) in [6, 6.07) is 7.70. The molecule has 1 aromatic rings. The minimum Gasteiger partial charge on any atom is -0.321 e. The Balaban J connectivity index is 0.000001000. The van der Waals surface area contributed by atoms with Gasteiger partial charge in [-0.25, -0.2) is 0 Å². The summed E-state index contributed by atoms with van der Waals surface area (Å²) in [7, 11) is -4.02. The Labute approximate surface area is 74.8 Å². The van der Waals surface area contributed by atoms with Gasteiger partial charge in [-0.2, -0.15) is 0 Å². The molecule has 1 aromatic carbocycles. The maximum absolute atomic E-state index is 10.5. The van der Waals surface area contributed by atoms with Crippen LogP contribution < -0.4 is 5.30 Å². The van der Waals surface area contributed by atoms with Crippen LogP contribution in [0.5, 0.6) is 0 Å². The first-order valence-electron chi connectivity index (χ1n) is 2.72. The molecule has 1 radical (unpaired) electrons. The monoisotopic (exact) mass is 217 g/mol. The van der Waals surface area contributed by atoms with E-state index in [0.717, 1.165) is 0 Å². The zero-order valence-corrected chi connectivity index (χ0v) is 7.41. The van der Waals surface area contributed by atoms with Crippen LogP contribution in [0.3, 0.4) is 0 Å². The summed E-state index contributed by atoms with van der Waals surface area (Å²) >= 11 is 0. The Kier molecular flexibility index (Phi) is 4.00. The van der Waals surface area contributed by atoms with Crippen molar-refractivity contribution in [1.82, 2.24) is 0 Å². The van der Waals surface area contributed by atoms with Gasteiger partial charge in [0.25, 0.3) is 0 Å². The van der Waals surface area contributed by atoms with Gasteiger partial charge < -0.3 is 9.79 Å². The maximum atomic E-state index is 10.5. The molecule has 0 aromatic heterocycles. The van der Waals surface area contributed by atoms with Gasteiger partial charge in [-0.1, -0.05) is 18.2 Å². The molecule has 2 N–H and O–H groups in total. The van der Waals surface area contributed by atoms with Crippen LogP contribution in [0, 0.1) is 0 Å². The van der Waals surface area contributed by atoms with E-state index in [2.05, 4.69) is 0 Å². The van der Waals surface area contributed by atoms with Crippen LogP contribution in [-0.4, -0.2) is 9.79 Å². The normalized spacial score (nSPS) is 10.4. The quantitative estimate of drug-likeness (QED) is 0.673. The van der Waals surface area contributed by atoms with E-state index < -0.39 is 7.60 Å². The van der Waals surface area contributed by atoms with Gasteiger partial charge >= 0.3 is 7.60 Å². The Hall–Kier alpha value is -0.124. The molecule has 0 spiro atoms. The molecule has 0 saturated carbocycles. The minimum absolute atomic E-state index is 0. The maximum Gasteiger partial charge on any atom is 0.356 e. The van der Waals surface area contributed by atoms with Crippen LogP contribution in [0.25, 0.3) is 0 Å². The Morgan fingerprint density at radius 1 is 1.09 bits per heavy atom. The molecule has 0 saturated heterocycles. The fourth-order valence-electron chi connectivity index (χ4n) is 0.622. The number of benzene rings is 1. The van der Waals surface area contributed by atoms with Crippen molar-refractivity contribution in [2.75, 3.05) is 0 Å². The minimum atomic E-state index is -4.02. The second-order valence-electron chi connectivity index (χ2n) is 1.88. The van der Waals surface area contributed by atoms with Crippen molar-refractivity contribution in [2.24, 2.45) is 0 Å². The topological polar surface area (TPSA) is 57.5 Å². The van der Waals surface area contributed by atoms with E-state index in [-0.39, 0.29) is 22.1 Å². The van der Waals surface area contributed by atoms with E-state index >= 15 is 0 Å². The molecule has 0 bridgehead atoms. The zero-order chi connectivity index (χ0) is 7.61. The molecule has 5 heteroatoms. The van der Waals surface area contributed by atoms with E-state index in [1.807, 2.05) is 0 Å². The van der Waals surface area contributed by atoms with Crippen LogP contribution in [-0.2, 0) is 21.3 Å². The number of hydrogen-bond donors (Lipinski definition) is 2. The molecule has 63 valence electrons. The summed E-state index contributed by atoms with van der Waals surface area (Å²) in [6.45, 7) is 0. The van der Waals surface area contributed by atoms with Crippen molar-refractivity contribution in [2.45, 2.75) is 0 Å². The van der Waals surface area contributed by atoms with Crippen molar-refractivity contribution in [3.8, 4) is 0 Å². The predicted molar refractivity (Wildman–Crippen MR) is 38.1 cm³/mol. The van der Waals surface area contributed by atoms with Crippen LogP contribution >= 0.6 is 7.60 Å². The largest absolute Gasteiger partial charge is 0.356 e. The average molecular weight is 217 g/mol. The van der Waals surface area contributed by atoms with Gasteiger partial charge in [0.2, 0.25) is 0 Å². The summed E-state index contributed by atoms with van der Waals surface area (Å²) in [5.41, 5.74) is 0. The number of hydrogen-bond acceptors (Lipinski definition) is 1. The molecule has 0 aliphatic heterocycles. The molecule has 0 atom stereocenters. The van der Waals surface area contributed by atoms with Crippen molar-refractivity contribution < 1.29 is 31.1 Å². The van der Waals surface area contributed by atoms with E-state index in [9.17, 15) is 4.57 Å². The van der Waals surface area contributed by atoms with Crippen LogP contribution in [0.15, 0.2) is 30.3 Å². The Morgan fingerprint density at radius 3 is 1.82 bits per heavy atom. The first-order valence-corrected chi connectivity index (χ1v) is 4.33. The van der Waals surface area contributed by atoms with Gasteiger partial charge in [0, 0.05) is 16.8 Å². The van der Waals surface area contributed by atoms with Crippen LogP contribution in [0.2, 0.25) is 0 Å². The van der Waals surface area contributed by atoms with Gasteiger partial charge in [-0.15, -0.1) is 0 Å². The third kappa shape index (κ3) is 3.18. The molecule has 0 heterocycles. The van der Waals surface area contributed by atoms with Gasteiger partial charge in [-0.3, -0.25) is 4.57 Å². The first-order chi connectivity index (χ1) is 4.61. The Morgan fingerprint density at radius 2 is 1.55 bits per heavy atom. The van der Waals surface area contributed by atoms with Crippen molar-refractivity contribution in [3.63, 3.8) is 0 Å².